The minimum absolute atomic E-state index is 0.0736. The molecule has 1 heterocycles. The molecule has 2 rings (SSSR count). The highest BCUT2D eigenvalue weighted by molar-refractivity contribution is 5.97. The van der Waals surface area contributed by atoms with E-state index >= 15 is 0 Å². The van der Waals surface area contributed by atoms with E-state index in [2.05, 4.69) is 19.2 Å². The van der Waals surface area contributed by atoms with Gasteiger partial charge in [0, 0.05) is 13.1 Å². The van der Waals surface area contributed by atoms with Gasteiger partial charge < -0.3 is 20.1 Å². The number of nitrogens with zero attached hydrogens (tertiary/aromatic N) is 1. The van der Waals surface area contributed by atoms with Crippen molar-refractivity contribution in [2.75, 3.05) is 25.1 Å². The Morgan fingerprint density at radius 3 is 2.95 bits per heavy atom. The van der Waals surface area contributed by atoms with Crippen LogP contribution in [0, 0.1) is 0 Å². The Morgan fingerprint density at radius 1 is 1.48 bits per heavy atom. The molecule has 1 aromatic rings. The average molecular weight is 292 g/mol. The Labute approximate surface area is 125 Å². The topological polar surface area (TPSA) is 61.8 Å². The molecule has 1 aliphatic rings. The molecule has 0 aliphatic carbocycles. The van der Waals surface area contributed by atoms with Gasteiger partial charge >= 0.3 is 0 Å². The number of nitrogens with one attached hydrogen (secondary N) is 1. The number of ether oxygens (including phenoxy) is 1. The number of aliphatic hydroxyl groups is 1. The molecule has 5 nitrogen and oxygen atoms in total. The van der Waals surface area contributed by atoms with Gasteiger partial charge in [0.2, 0.25) is 0 Å². The number of aliphatic hydroxyl groups excluding tert-OH is 1. The molecule has 0 spiro atoms. The van der Waals surface area contributed by atoms with E-state index in [1.807, 2.05) is 18.2 Å². The summed E-state index contributed by atoms with van der Waals surface area (Å²) in [6.07, 6.45) is 1.16. The molecule has 2 unspecified atom stereocenters. The summed E-state index contributed by atoms with van der Waals surface area (Å²) >= 11 is 0. The highest BCUT2D eigenvalue weighted by atomic mass is 16.5. The van der Waals surface area contributed by atoms with Gasteiger partial charge in [-0.05, 0) is 44.0 Å². The first kappa shape index (κ1) is 15.8. The first-order valence-electron chi connectivity index (χ1n) is 7.47. The molecular weight excluding hydrogens is 268 g/mol. The van der Waals surface area contributed by atoms with Gasteiger partial charge in [-0.25, -0.2) is 0 Å². The number of hydrogen-bond donors (Lipinski definition) is 2. The van der Waals surface area contributed by atoms with Crippen LogP contribution < -0.4 is 15.0 Å². The van der Waals surface area contributed by atoms with Gasteiger partial charge in [-0.1, -0.05) is 13.0 Å². The van der Waals surface area contributed by atoms with Gasteiger partial charge in [-0.2, -0.15) is 0 Å². The van der Waals surface area contributed by atoms with Gasteiger partial charge in [-0.15, -0.1) is 0 Å². The second-order valence-electron chi connectivity index (χ2n) is 5.54. The van der Waals surface area contributed by atoms with Crippen molar-refractivity contribution in [3.8, 4) is 5.75 Å². The van der Waals surface area contributed by atoms with Crippen LogP contribution in [0.5, 0.6) is 5.75 Å². The fraction of sp³-hybridized carbons (Fsp3) is 0.562. The number of carbonyl (C=O) groups excluding carboxylic acids is 1. The Bertz CT molecular complexity index is 504. The van der Waals surface area contributed by atoms with Crippen molar-refractivity contribution in [1.82, 2.24) is 5.32 Å². The number of anilines is 1. The summed E-state index contributed by atoms with van der Waals surface area (Å²) in [6.45, 7) is 5.09. The van der Waals surface area contributed by atoms with Crippen LogP contribution >= 0.6 is 0 Å². The van der Waals surface area contributed by atoms with Crippen LogP contribution in [-0.2, 0) is 4.79 Å². The number of benzene rings is 1. The van der Waals surface area contributed by atoms with E-state index in [0.29, 0.717) is 18.2 Å². The lowest BCUT2D eigenvalue weighted by Gasteiger charge is -2.27. The molecule has 21 heavy (non-hydrogen) atoms. The average Bonchev–Trinajstić information content (AvgIpc) is 2.50. The van der Waals surface area contributed by atoms with E-state index in [-0.39, 0.29) is 12.5 Å². The number of carbonyl (C=O) groups is 1. The maximum Gasteiger partial charge on any atom is 0.264 e. The lowest BCUT2D eigenvalue weighted by Crippen LogP contribution is -2.35. The van der Waals surface area contributed by atoms with Crippen LogP contribution in [0.25, 0.3) is 0 Å². The van der Waals surface area contributed by atoms with Crippen LogP contribution in [0.15, 0.2) is 18.2 Å². The molecule has 0 fully saturated rings. The molecular formula is C16H24N2O3. The molecule has 1 amide bonds. The fourth-order valence-corrected chi connectivity index (χ4v) is 2.27. The van der Waals surface area contributed by atoms with Crippen molar-refractivity contribution in [3.05, 3.63) is 23.8 Å². The van der Waals surface area contributed by atoms with E-state index < -0.39 is 6.10 Å². The maximum absolute atomic E-state index is 11.6. The molecule has 0 saturated heterocycles. The van der Waals surface area contributed by atoms with E-state index in [1.54, 1.807) is 11.9 Å². The van der Waals surface area contributed by atoms with E-state index in [0.717, 1.165) is 24.2 Å². The minimum atomic E-state index is -0.544. The van der Waals surface area contributed by atoms with Crippen molar-refractivity contribution in [1.29, 1.82) is 0 Å². The molecule has 116 valence electrons. The first-order chi connectivity index (χ1) is 10.0. The third-order valence-corrected chi connectivity index (χ3v) is 3.98. The van der Waals surface area contributed by atoms with Gasteiger partial charge in [0.15, 0.2) is 6.61 Å². The fourth-order valence-electron chi connectivity index (χ4n) is 2.27. The number of rotatable bonds is 6. The largest absolute Gasteiger partial charge is 0.482 e. The monoisotopic (exact) mass is 292 g/mol. The van der Waals surface area contributed by atoms with Crippen LogP contribution in [-0.4, -0.2) is 37.3 Å². The summed E-state index contributed by atoms with van der Waals surface area (Å²) < 4.78 is 5.38. The summed E-state index contributed by atoms with van der Waals surface area (Å²) in [5.41, 5.74) is 1.53. The Hall–Kier alpha value is -1.59. The number of hydrogen-bond acceptors (Lipinski definition) is 4. The summed E-state index contributed by atoms with van der Waals surface area (Å²) in [6, 6.07) is 5.97. The van der Waals surface area contributed by atoms with Gasteiger partial charge in [-0.3, -0.25) is 4.79 Å². The van der Waals surface area contributed by atoms with Crippen LogP contribution in [0.2, 0.25) is 0 Å². The summed E-state index contributed by atoms with van der Waals surface area (Å²) in [7, 11) is 1.73. The smallest absolute Gasteiger partial charge is 0.264 e. The van der Waals surface area contributed by atoms with Gasteiger partial charge in [0.1, 0.15) is 5.75 Å². The van der Waals surface area contributed by atoms with Crippen LogP contribution in [0.1, 0.15) is 38.4 Å². The number of likely N-dealkylation sites (N-methyl/N-ethyl adjacent to an activating group) is 1. The quantitative estimate of drug-likeness (QED) is 0.840. The van der Waals surface area contributed by atoms with E-state index in [9.17, 15) is 9.90 Å². The highest BCUT2D eigenvalue weighted by Crippen LogP contribution is 2.34. The summed E-state index contributed by atoms with van der Waals surface area (Å²) in [5, 5.41) is 13.6. The Kier molecular flexibility index (Phi) is 5.20. The van der Waals surface area contributed by atoms with Gasteiger partial charge in [0.05, 0.1) is 11.8 Å². The van der Waals surface area contributed by atoms with Crippen LogP contribution in [0.3, 0.4) is 0 Å². The Morgan fingerprint density at radius 2 is 2.24 bits per heavy atom. The highest BCUT2D eigenvalue weighted by Gasteiger charge is 2.23. The number of fused-ring (bicyclic) bond motifs is 1. The van der Waals surface area contributed by atoms with Gasteiger partial charge in [0.25, 0.3) is 5.91 Å². The predicted octanol–water partition coefficient (Wildman–Crippen LogP) is 1.85. The lowest BCUT2D eigenvalue weighted by atomic mass is 10.0. The van der Waals surface area contributed by atoms with Crippen molar-refractivity contribution in [2.45, 2.75) is 38.8 Å². The molecule has 0 aromatic heterocycles. The molecule has 5 heteroatoms. The summed E-state index contributed by atoms with van der Waals surface area (Å²) in [4.78, 5) is 13.2. The third-order valence-electron chi connectivity index (χ3n) is 3.98. The molecule has 2 atom stereocenters. The SMILES string of the molecule is CCC(C)NCCC(O)c1ccc2c(c1)N(C)C(=O)CO2. The van der Waals surface area contributed by atoms with Crippen molar-refractivity contribution < 1.29 is 14.6 Å². The summed E-state index contributed by atoms with van der Waals surface area (Å²) in [5.74, 6) is 0.610. The Balaban J connectivity index is 2.02. The standard InChI is InChI=1S/C16H24N2O3/c1-4-11(2)17-8-7-14(19)12-5-6-15-13(9-12)18(3)16(20)10-21-15/h5-6,9,11,14,17,19H,4,7-8,10H2,1-3H3. The normalized spacial score (nSPS) is 17.1. The minimum Gasteiger partial charge on any atom is -0.482 e. The van der Waals surface area contributed by atoms with Crippen molar-refractivity contribution in [3.63, 3.8) is 0 Å². The third kappa shape index (κ3) is 3.74. The molecule has 0 radical (unpaired) electrons. The van der Waals surface area contributed by atoms with E-state index in [4.69, 9.17) is 4.74 Å². The molecule has 0 saturated carbocycles. The second-order valence-corrected chi connectivity index (χ2v) is 5.54. The molecule has 1 aliphatic heterocycles. The second kappa shape index (κ2) is 6.91. The maximum atomic E-state index is 11.6. The zero-order chi connectivity index (χ0) is 15.4. The molecule has 0 bridgehead atoms. The van der Waals surface area contributed by atoms with Crippen molar-refractivity contribution >= 4 is 11.6 Å². The first-order valence-corrected chi connectivity index (χ1v) is 7.47. The number of amides is 1. The zero-order valence-electron chi connectivity index (χ0n) is 12.9. The van der Waals surface area contributed by atoms with Crippen molar-refractivity contribution in [2.24, 2.45) is 0 Å². The van der Waals surface area contributed by atoms with Crippen LogP contribution in [0.4, 0.5) is 5.69 Å². The lowest BCUT2D eigenvalue weighted by molar-refractivity contribution is -0.120. The zero-order valence-corrected chi connectivity index (χ0v) is 12.9. The predicted molar refractivity (Wildman–Crippen MR) is 82.7 cm³/mol. The van der Waals surface area contributed by atoms with E-state index in [1.165, 1.54) is 0 Å². The molecule has 1 aromatic carbocycles. The molecule has 2 N–H and O–H groups in total.